The smallest absolute Gasteiger partial charge is 0.256 e. The number of anilines is 2. The number of hydrogen-bond donors (Lipinski definition) is 2. The molecule has 86 valence electrons. The number of nitrogens with one attached hydrogen (secondary N) is 2. The molecule has 3 rings (SSSR count). The zero-order valence-corrected chi connectivity index (χ0v) is 9.75. The Kier molecular flexibility index (Phi) is 2.49. The average molecular weight is 246 g/mol. The van der Waals surface area contributed by atoms with Crippen LogP contribution in [0.4, 0.5) is 10.7 Å². The normalized spacial score (nSPS) is 12.9. The molecule has 0 saturated heterocycles. The topological polar surface area (TPSA) is 66.9 Å². The largest absolute Gasteiger partial charge is 0.384 e. The first kappa shape index (κ1) is 10.2. The zero-order chi connectivity index (χ0) is 11.7. The highest BCUT2D eigenvalue weighted by Crippen LogP contribution is 2.23. The van der Waals surface area contributed by atoms with Crippen molar-refractivity contribution in [2.75, 3.05) is 17.2 Å². The highest BCUT2D eigenvalue weighted by molar-refractivity contribution is 7.10. The Labute approximate surface area is 102 Å². The second-order valence-corrected chi connectivity index (χ2v) is 4.57. The minimum Gasteiger partial charge on any atom is -0.384 e. The highest BCUT2D eigenvalue weighted by atomic mass is 32.1. The van der Waals surface area contributed by atoms with Crippen LogP contribution in [0.1, 0.15) is 15.9 Å². The maximum Gasteiger partial charge on any atom is 0.256 e. The summed E-state index contributed by atoms with van der Waals surface area (Å²) in [5, 5.41) is 10.3. The molecular formula is C11H10N4OS. The van der Waals surface area contributed by atoms with Gasteiger partial charge in [-0.25, -0.2) is 0 Å². The number of aromatic nitrogens is 2. The molecule has 2 heterocycles. The third-order valence-electron chi connectivity index (χ3n) is 2.68. The molecule has 0 saturated carbocycles. The summed E-state index contributed by atoms with van der Waals surface area (Å²) in [6, 6.07) is 5.72. The van der Waals surface area contributed by atoms with Gasteiger partial charge in [0.05, 0.1) is 6.20 Å². The minimum absolute atomic E-state index is 0.132. The third kappa shape index (κ3) is 1.99. The Morgan fingerprint density at radius 1 is 1.47 bits per heavy atom. The van der Waals surface area contributed by atoms with Crippen molar-refractivity contribution in [3.05, 3.63) is 35.5 Å². The van der Waals surface area contributed by atoms with Gasteiger partial charge in [0, 0.05) is 29.3 Å². The lowest BCUT2D eigenvalue weighted by atomic mass is 10.1. The van der Waals surface area contributed by atoms with Gasteiger partial charge in [-0.1, -0.05) is 10.6 Å². The lowest BCUT2D eigenvalue weighted by molar-refractivity contribution is 0.102. The molecule has 5 nitrogen and oxygen atoms in total. The predicted molar refractivity (Wildman–Crippen MR) is 66.5 cm³/mol. The molecule has 1 aliphatic rings. The van der Waals surface area contributed by atoms with E-state index in [1.54, 1.807) is 0 Å². The molecule has 17 heavy (non-hydrogen) atoms. The average Bonchev–Trinajstić information content (AvgIpc) is 2.97. The lowest BCUT2D eigenvalue weighted by Gasteiger charge is -2.04. The Hall–Kier alpha value is -1.95. The molecule has 2 N–H and O–H groups in total. The zero-order valence-electron chi connectivity index (χ0n) is 8.93. The number of carbonyl (C=O) groups excluding carboxylic acids is 1. The van der Waals surface area contributed by atoms with Gasteiger partial charge in [-0.2, -0.15) is 0 Å². The quantitative estimate of drug-likeness (QED) is 0.847. The maximum atomic E-state index is 11.9. The van der Waals surface area contributed by atoms with E-state index in [9.17, 15) is 4.79 Å². The van der Waals surface area contributed by atoms with Crippen LogP contribution in [0.15, 0.2) is 24.4 Å². The van der Waals surface area contributed by atoms with Crippen molar-refractivity contribution in [2.24, 2.45) is 0 Å². The van der Waals surface area contributed by atoms with E-state index in [-0.39, 0.29) is 5.91 Å². The summed E-state index contributed by atoms with van der Waals surface area (Å²) in [6.45, 7) is 0.944. The molecule has 1 aromatic heterocycles. The first-order valence-electron chi connectivity index (χ1n) is 5.28. The number of benzene rings is 1. The van der Waals surface area contributed by atoms with E-state index in [4.69, 9.17) is 0 Å². The number of amides is 1. The second-order valence-electron chi connectivity index (χ2n) is 3.78. The van der Waals surface area contributed by atoms with Gasteiger partial charge in [0.1, 0.15) is 5.00 Å². The summed E-state index contributed by atoms with van der Waals surface area (Å²) >= 11 is 1.16. The molecule has 0 atom stereocenters. The molecule has 1 aliphatic heterocycles. The van der Waals surface area contributed by atoms with Crippen molar-refractivity contribution in [1.82, 2.24) is 9.59 Å². The fourth-order valence-electron chi connectivity index (χ4n) is 1.84. The van der Waals surface area contributed by atoms with Gasteiger partial charge in [0.25, 0.3) is 5.91 Å². The summed E-state index contributed by atoms with van der Waals surface area (Å²) in [5.74, 6) is -0.132. The van der Waals surface area contributed by atoms with E-state index in [1.165, 1.54) is 11.8 Å². The fourth-order valence-corrected chi connectivity index (χ4v) is 2.25. The lowest BCUT2D eigenvalue weighted by Crippen LogP contribution is -2.11. The predicted octanol–water partition coefficient (Wildman–Crippen LogP) is 1.76. The van der Waals surface area contributed by atoms with Gasteiger partial charge < -0.3 is 10.6 Å². The first-order chi connectivity index (χ1) is 8.33. The summed E-state index contributed by atoms with van der Waals surface area (Å²) < 4.78 is 3.69. The molecule has 0 bridgehead atoms. The van der Waals surface area contributed by atoms with Crippen LogP contribution in [0.3, 0.4) is 0 Å². The van der Waals surface area contributed by atoms with E-state index < -0.39 is 0 Å². The van der Waals surface area contributed by atoms with Gasteiger partial charge in [-0.15, -0.1) is 5.10 Å². The van der Waals surface area contributed by atoms with Crippen LogP contribution in [0.25, 0.3) is 0 Å². The Bertz CT molecular complexity index is 553. The van der Waals surface area contributed by atoms with Crippen molar-refractivity contribution in [1.29, 1.82) is 0 Å². The van der Waals surface area contributed by atoms with Crippen LogP contribution in [0.2, 0.25) is 0 Å². The second kappa shape index (κ2) is 4.14. The molecule has 0 radical (unpaired) electrons. The van der Waals surface area contributed by atoms with E-state index in [2.05, 4.69) is 20.2 Å². The number of carbonyl (C=O) groups is 1. The first-order valence-corrected chi connectivity index (χ1v) is 6.06. The molecular weight excluding hydrogens is 236 g/mol. The molecule has 2 aromatic rings. The Morgan fingerprint density at radius 2 is 2.41 bits per heavy atom. The van der Waals surface area contributed by atoms with Crippen LogP contribution in [-0.2, 0) is 6.42 Å². The van der Waals surface area contributed by atoms with Gasteiger partial charge in [0.15, 0.2) is 0 Å². The monoisotopic (exact) mass is 246 g/mol. The van der Waals surface area contributed by atoms with E-state index in [0.29, 0.717) is 10.6 Å². The number of hydrogen-bond acceptors (Lipinski definition) is 5. The van der Waals surface area contributed by atoms with Crippen LogP contribution in [0.5, 0.6) is 0 Å². The molecule has 0 fully saturated rings. The van der Waals surface area contributed by atoms with Crippen molar-refractivity contribution < 1.29 is 4.79 Å². The summed E-state index contributed by atoms with van der Waals surface area (Å²) in [7, 11) is 0. The molecule has 0 unspecified atom stereocenters. The van der Waals surface area contributed by atoms with Crippen LogP contribution in [0, 0.1) is 0 Å². The minimum atomic E-state index is -0.132. The van der Waals surface area contributed by atoms with Gasteiger partial charge in [-0.05, 0) is 24.1 Å². The maximum absolute atomic E-state index is 11.9. The Balaban J connectivity index is 1.82. The third-order valence-corrected chi connectivity index (χ3v) is 3.26. The standard InChI is InChI=1S/C11H10N4OS/c16-11(14-10-6-13-15-17-10)8-2-1-7-3-4-12-9(7)5-8/h1-2,5-6,12H,3-4H2,(H,14,16). The number of fused-ring (bicyclic) bond motifs is 1. The summed E-state index contributed by atoms with van der Waals surface area (Å²) in [6.07, 6.45) is 2.56. The summed E-state index contributed by atoms with van der Waals surface area (Å²) in [4.78, 5) is 11.9. The highest BCUT2D eigenvalue weighted by Gasteiger charge is 2.13. The molecule has 6 heteroatoms. The van der Waals surface area contributed by atoms with E-state index in [0.717, 1.165) is 30.2 Å². The molecule has 0 aliphatic carbocycles. The number of nitrogens with zero attached hydrogens (tertiary/aromatic N) is 2. The molecule has 0 spiro atoms. The fraction of sp³-hybridized carbons (Fsp3) is 0.182. The van der Waals surface area contributed by atoms with Gasteiger partial charge >= 0.3 is 0 Å². The van der Waals surface area contributed by atoms with E-state index in [1.807, 2.05) is 18.2 Å². The van der Waals surface area contributed by atoms with Crippen LogP contribution in [-0.4, -0.2) is 22.0 Å². The van der Waals surface area contributed by atoms with Gasteiger partial charge in [0.2, 0.25) is 0 Å². The SMILES string of the molecule is O=C(Nc1cnns1)c1ccc2c(c1)NCC2. The van der Waals surface area contributed by atoms with Crippen molar-refractivity contribution >= 4 is 28.1 Å². The van der Waals surface area contributed by atoms with Gasteiger partial charge in [-0.3, -0.25) is 4.79 Å². The van der Waals surface area contributed by atoms with Crippen LogP contribution >= 0.6 is 11.5 Å². The Morgan fingerprint density at radius 3 is 3.24 bits per heavy atom. The van der Waals surface area contributed by atoms with Crippen molar-refractivity contribution in [3.8, 4) is 0 Å². The molecule has 1 aromatic carbocycles. The number of rotatable bonds is 2. The summed E-state index contributed by atoms with van der Waals surface area (Å²) in [5.41, 5.74) is 2.97. The molecule has 1 amide bonds. The van der Waals surface area contributed by atoms with Crippen molar-refractivity contribution in [3.63, 3.8) is 0 Å². The van der Waals surface area contributed by atoms with Crippen molar-refractivity contribution in [2.45, 2.75) is 6.42 Å². The van der Waals surface area contributed by atoms with E-state index >= 15 is 0 Å². The van der Waals surface area contributed by atoms with Crippen LogP contribution < -0.4 is 10.6 Å².